The second kappa shape index (κ2) is 5.30. The summed E-state index contributed by atoms with van der Waals surface area (Å²) in [6.45, 7) is 6.54. The number of carboxylic acid groups (broad SMARTS) is 1. The van der Waals surface area contributed by atoms with E-state index in [0.29, 0.717) is 5.69 Å². The Morgan fingerprint density at radius 3 is 2.05 bits per heavy atom. The van der Waals surface area contributed by atoms with Crippen molar-refractivity contribution in [3.8, 4) is 0 Å². The van der Waals surface area contributed by atoms with Gasteiger partial charge >= 0.3 is 12.0 Å². The fourth-order valence-electron chi connectivity index (χ4n) is 1.39. The van der Waals surface area contributed by atoms with E-state index in [4.69, 9.17) is 0 Å². The molecule has 5 heteroatoms. The molecular weight excluding hydrogens is 244 g/mol. The first-order valence-electron chi connectivity index (χ1n) is 6.04. The lowest BCUT2D eigenvalue weighted by Crippen LogP contribution is -2.57. The molecule has 0 saturated heterocycles. The van der Waals surface area contributed by atoms with Crippen LogP contribution in [-0.4, -0.2) is 22.6 Å². The number of aliphatic carboxylic acids is 1. The zero-order valence-electron chi connectivity index (χ0n) is 11.7. The minimum absolute atomic E-state index is 0.425. The SMILES string of the molecule is CC(C)(NC(=O)Nc1ccccc1)C(C)(C)C(=O)O. The third-order valence-corrected chi connectivity index (χ3v) is 3.55. The Labute approximate surface area is 113 Å². The largest absolute Gasteiger partial charge is 0.481 e. The van der Waals surface area contributed by atoms with Gasteiger partial charge in [0.25, 0.3) is 0 Å². The summed E-state index contributed by atoms with van der Waals surface area (Å²) in [6.07, 6.45) is 0. The van der Waals surface area contributed by atoms with Gasteiger partial charge in [-0.3, -0.25) is 4.79 Å². The third-order valence-electron chi connectivity index (χ3n) is 3.55. The van der Waals surface area contributed by atoms with Gasteiger partial charge in [-0.25, -0.2) is 4.79 Å². The number of anilines is 1. The molecular formula is C14H20N2O3. The van der Waals surface area contributed by atoms with Gasteiger partial charge in [-0.2, -0.15) is 0 Å². The smallest absolute Gasteiger partial charge is 0.319 e. The quantitative estimate of drug-likeness (QED) is 0.782. The van der Waals surface area contributed by atoms with Gasteiger partial charge in [0.15, 0.2) is 0 Å². The Morgan fingerprint density at radius 2 is 1.58 bits per heavy atom. The molecule has 0 unspecified atom stereocenters. The predicted molar refractivity (Wildman–Crippen MR) is 74.1 cm³/mol. The van der Waals surface area contributed by atoms with Crippen LogP contribution in [0.4, 0.5) is 10.5 Å². The van der Waals surface area contributed by atoms with Crippen molar-refractivity contribution in [1.82, 2.24) is 5.32 Å². The topological polar surface area (TPSA) is 78.4 Å². The molecule has 0 spiro atoms. The summed E-state index contributed by atoms with van der Waals surface area (Å²) >= 11 is 0. The number of urea groups is 1. The zero-order chi connectivity index (χ0) is 14.7. The van der Waals surface area contributed by atoms with E-state index in [0.717, 1.165) is 0 Å². The second-order valence-electron chi connectivity index (χ2n) is 5.50. The molecule has 0 aliphatic rings. The van der Waals surface area contributed by atoms with E-state index in [1.807, 2.05) is 18.2 Å². The van der Waals surface area contributed by atoms with E-state index in [1.54, 1.807) is 39.8 Å². The van der Waals surface area contributed by atoms with Crippen LogP contribution in [0.25, 0.3) is 0 Å². The average molecular weight is 264 g/mol. The van der Waals surface area contributed by atoms with Crippen molar-refractivity contribution in [2.45, 2.75) is 33.2 Å². The summed E-state index contributed by atoms with van der Waals surface area (Å²) in [5.41, 5.74) is -1.32. The summed E-state index contributed by atoms with van der Waals surface area (Å²) in [5, 5.41) is 14.6. The number of para-hydroxylation sites is 1. The molecule has 0 heterocycles. The average Bonchev–Trinajstić information content (AvgIpc) is 2.28. The van der Waals surface area contributed by atoms with Gasteiger partial charge in [0.1, 0.15) is 0 Å². The van der Waals surface area contributed by atoms with Crippen molar-refractivity contribution in [3.05, 3.63) is 30.3 Å². The summed E-state index contributed by atoms with van der Waals surface area (Å²) in [6, 6.07) is 8.56. The minimum Gasteiger partial charge on any atom is -0.481 e. The maximum Gasteiger partial charge on any atom is 0.319 e. The Balaban J connectivity index is 2.74. The number of nitrogens with one attached hydrogen (secondary N) is 2. The lowest BCUT2D eigenvalue weighted by Gasteiger charge is -2.38. The molecule has 3 N–H and O–H groups in total. The summed E-state index contributed by atoms with van der Waals surface area (Å²) in [7, 11) is 0. The van der Waals surface area contributed by atoms with E-state index in [1.165, 1.54) is 0 Å². The molecule has 5 nitrogen and oxygen atoms in total. The number of amides is 2. The lowest BCUT2D eigenvalue weighted by atomic mass is 9.74. The van der Waals surface area contributed by atoms with Crippen molar-refractivity contribution >= 4 is 17.7 Å². The van der Waals surface area contributed by atoms with E-state index >= 15 is 0 Å². The van der Waals surface area contributed by atoms with E-state index in [9.17, 15) is 14.7 Å². The van der Waals surface area contributed by atoms with E-state index < -0.39 is 23.0 Å². The van der Waals surface area contributed by atoms with Crippen molar-refractivity contribution < 1.29 is 14.7 Å². The van der Waals surface area contributed by atoms with Crippen LogP contribution < -0.4 is 10.6 Å². The number of hydrogen-bond acceptors (Lipinski definition) is 2. The number of carbonyl (C=O) groups excluding carboxylic acids is 1. The molecule has 2 amide bonds. The maximum atomic E-state index is 11.9. The molecule has 1 aromatic carbocycles. The van der Waals surface area contributed by atoms with Crippen LogP contribution in [-0.2, 0) is 4.79 Å². The number of carbonyl (C=O) groups is 2. The maximum absolute atomic E-state index is 11.9. The van der Waals surface area contributed by atoms with Crippen molar-refractivity contribution in [2.75, 3.05) is 5.32 Å². The molecule has 0 aliphatic carbocycles. The van der Waals surface area contributed by atoms with Crippen LogP contribution in [0.5, 0.6) is 0 Å². The van der Waals surface area contributed by atoms with Gasteiger partial charge in [-0.05, 0) is 39.8 Å². The number of benzene rings is 1. The number of hydrogen-bond donors (Lipinski definition) is 3. The molecule has 0 fully saturated rings. The Hall–Kier alpha value is -2.04. The Kier molecular flexibility index (Phi) is 4.19. The highest BCUT2D eigenvalue weighted by atomic mass is 16.4. The summed E-state index contributed by atoms with van der Waals surface area (Å²) in [4.78, 5) is 23.1. The minimum atomic E-state index is -1.08. The molecule has 104 valence electrons. The van der Waals surface area contributed by atoms with Crippen molar-refractivity contribution in [3.63, 3.8) is 0 Å². The molecule has 0 bridgehead atoms. The van der Waals surface area contributed by atoms with Gasteiger partial charge in [0.2, 0.25) is 0 Å². The predicted octanol–water partition coefficient (Wildman–Crippen LogP) is 2.70. The number of carboxylic acids is 1. The van der Waals surface area contributed by atoms with Gasteiger partial charge in [-0.15, -0.1) is 0 Å². The van der Waals surface area contributed by atoms with Crippen LogP contribution >= 0.6 is 0 Å². The molecule has 0 saturated carbocycles. The van der Waals surface area contributed by atoms with Crippen molar-refractivity contribution in [2.24, 2.45) is 5.41 Å². The van der Waals surface area contributed by atoms with Crippen molar-refractivity contribution in [1.29, 1.82) is 0 Å². The standard InChI is InChI=1S/C14H20N2O3/c1-13(2,11(17)18)14(3,4)16-12(19)15-10-8-6-5-7-9-10/h5-9H,1-4H3,(H,17,18)(H2,15,16,19). The molecule has 1 aromatic rings. The Morgan fingerprint density at radius 1 is 1.05 bits per heavy atom. The fourth-order valence-corrected chi connectivity index (χ4v) is 1.39. The summed E-state index contributed by atoms with van der Waals surface area (Å²) in [5.74, 6) is -0.961. The molecule has 0 aromatic heterocycles. The third kappa shape index (κ3) is 3.47. The van der Waals surface area contributed by atoms with E-state index in [-0.39, 0.29) is 0 Å². The van der Waals surface area contributed by atoms with Gasteiger partial charge < -0.3 is 15.7 Å². The molecule has 0 radical (unpaired) electrons. The van der Waals surface area contributed by atoms with Crippen LogP contribution in [0.1, 0.15) is 27.7 Å². The van der Waals surface area contributed by atoms with Crippen LogP contribution in [0.15, 0.2) is 30.3 Å². The highest BCUT2D eigenvalue weighted by molar-refractivity contribution is 5.90. The highest BCUT2D eigenvalue weighted by Gasteiger charge is 2.44. The van der Waals surface area contributed by atoms with Crippen LogP contribution in [0.3, 0.4) is 0 Å². The number of rotatable bonds is 4. The molecule has 1 rings (SSSR count). The zero-order valence-corrected chi connectivity index (χ0v) is 11.7. The van der Waals surface area contributed by atoms with Gasteiger partial charge in [0, 0.05) is 5.69 Å². The Bertz CT molecular complexity index is 467. The van der Waals surface area contributed by atoms with E-state index in [2.05, 4.69) is 10.6 Å². The first-order chi connectivity index (χ1) is 8.67. The monoisotopic (exact) mass is 264 g/mol. The second-order valence-corrected chi connectivity index (χ2v) is 5.50. The summed E-state index contributed by atoms with van der Waals surface area (Å²) < 4.78 is 0. The molecule has 19 heavy (non-hydrogen) atoms. The lowest BCUT2D eigenvalue weighted by molar-refractivity contribution is -0.150. The first kappa shape index (κ1) is 15.0. The normalized spacial score (nSPS) is 11.8. The molecule has 0 aliphatic heterocycles. The highest BCUT2D eigenvalue weighted by Crippen LogP contribution is 2.30. The van der Waals surface area contributed by atoms with Crippen LogP contribution in [0.2, 0.25) is 0 Å². The molecule has 0 atom stereocenters. The first-order valence-corrected chi connectivity index (χ1v) is 6.04. The van der Waals surface area contributed by atoms with Crippen LogP contribution in [0, 0.1) is 5.41 Å². The fraction of sp³-hybridized carbons (Fsp3) is 0.429. The van der Waals surface area contributed by atoms with Gasteiger partial charge in [0.05, 0.1) is 11.0 Å². The van der Waals surface area contributed by atoms with Gasteiger partial charge in [-0.1, -0.05) is 18.2 Å².